The van der Waals surface area contributed by atoms with Crippen LogP contribution in [0.3, 0.4) is 0 Å². The number of hydrogen-bond acceptors (Lipinski definition) is 5. The molecule has 1 unspecified atom stereocenters. The van der Waals surface area contributed by atoms with Crippen LogP contribution < -0.4 is 5.73 Å². The number of rotatable bonds is 2. The van der Waals surface area contributed by atoms with E-state index < -0.39 is 17.8 Å². The van der Waals surface area contributed by atoms with Gasteiger partial charge in [0.05, 0.1) is 5.69 Å². The van der Waals surface area contributed by atoms with Gasteiger partial charge in [0.15, 0.2) is 0 Å². The predicted octanol–water partition coefficient (Wildman–Crippen LogP) is 0.658. The van der Waals surface area contributed by atoms with E-state index in [1.165, 1.54) is 17.1 Å². The number of aliphatic hydroxyl groups excluding tert-OH is 1. The van der Waals surface area contributed by atoms with E-state index in [1.807, 2.05) is 0 Å². The number of imidazole rings is 1. The molecular formula is C10H17N3O3. The molecule has 0 aliphatic rings. The van der Waals surface area contributed by atoms with Crippen molar-refractivity contribution in [2.24, 2.45) is 5.73 Å². The minimum Gasteiger partial charge on any atom is -0.443 e. The molecule has 1 atom stereocenters. The summed E-state index contributed by atoms with van der Waals surface area (Å²) >= 11 is 0. The molecule has 1 rings (SSSR count). The summed E-state index contributed by atoms with van der Waals surface area (Å²) in [6.45, 7) is 5.39. The average Bonchev–Trinajstić information content (AvgIpc) is 2.62. The summed E-state index contributed by atoms with van der Waals surface area (Å²) < 4.78 is 6.30. The lowest BCUT2D eigenvalue weighted by Gasteiger charge is -2.19. The van der Waals surface area contributed by atoms with E-state index in [0.29, 0.717) is 5.69 Å². The van der Waals surface area contributed by atoms with Gasteiger partial charge in [-0.25, -0.2) is 14.3 Å². The Morgan fingerprint density at radius 3 is 2.81 bits per heavy atom. The lowest BCUT2D eigenvalue weighted by Crippen LogP contribution is -2.26. The monoisotopic (exact) mass is 227 g/mol. The second-order valence-corrected chi connectivity index (χ2v) is 4.44. The molecule has 6 heteroatoms. The third kappa shape index (κ3) is 3.32. The molecule has 0 spiro atoms. The van der Waals surface area contributed by atoms with Crippen molar-refractivity contribution in [2.45, 2.75) is 32.5 Å². The molecule has 0 saturated heterocycles. The molecule has 0 fully saturated rings. The zero-order valence-corrected chi connectivity index (χ0v) is 9.67. The Bertz CT molecular complexity index is 368. The molecule has 90 valence electrons. The molecule has 0 amide bonds. The average molecular weight is 227 g/mol. The van der Waals surface area contributed by atoms with Crippen LogP contribution in [0.2, 0.25) is 0 Å². The van der Waals surface area contributed by atoms with E-state index in [9.17, 15) is 9.90 Å². The van der Waals surface area contributed by atoms with Crippen LogP contribution in [-0.4, -0.2) is 32.9 Å². The Balaban J connectivity index is 2.75. The summed E-state index contributed by atoms with van der Waals surface area (Å²) in [6.07, 6.45) is 1.31. The van der Waals surface area contributed by atoms with Crippen LogP contribution in [-0.2, 0) is 4.74 Å². The molecule has 0 radical (unpaired) electrons. The minimum absolute atomic E-state index is 0.0608. The Morgan fingerprint density at radius 1 is 1.69 bits per heavy atom. The maximum Gasteiger partial charge on any atom is 0.419 e. The zero-order valence-electron chi connectivity index (χ0n) is 9.67. The van der Waals surface area contributed by atoms with Gasteiger partial charge >= 0.3 is 6.09 Å². The largest absolute Gasteiger partial charge is 0.443 e. The van der Waals surface area contributed by atoms with Crippen molar-refractivity contribution in [3.8, 4) is 0 Å². The Kier molecular flexibility index (Phi) is 3.66. The van der Waals surface area contributed by atoms with Gasteiger partial charge < -0.3 is 15.6 Å². The number of aliphatic hydroxyl groups is 1. The van der Waals surface area contributed by atoms with Crippen molar-refractivity contribution in [3.63, 3.8) is 0 Å². The zero-order chi connectivity index (χ0) is 12.3. The van der Waals surface area contributed by atoms with Crippen LogP contribution in [0.1, 0.15) is 32.6 Å². The molecule has 0 aromatic carbocycles. The van der Waals surface area contributed by atoms with Crippen LogP contribution in [0.4, 0.5) is 4.79 Å². The van der Waals surface area contributed by atoms with E-state index >= 15 is 0 Å². The quantitative estimate of drug-likeness (QED) is 0.774. The third-order valence-electron chi connectivity index (χ3n) is 1.77. The first-order chi connectivity index (χ1) is 7.33. The number of carbonyl (C=O) groups is 1. The molecule has 6 nitrogen and oxygen atoms in total. The van der Waals surface area contributed by atoms with Gasteiger partial charge in [0.1, 0.15) is 18.0 Å². The van der Waals surface area contributed by atoms with Crippen molar-refractivity contribution in [2.75, 3.05) is 6.54 Å². The Morgan fingerprint density at radius 2 is 2.31 bits per heavy atom. The maximum absolute atomic E-state index is 11.6. The summed E-state index contributed by atoms with van der Waals surface area (Å²) in [5, 5.41) is 9.40. The summed E-state index contributed by atoms with van der Waals surface area (Å²) in [6, 6.07) is 0. The highest BCUT2D eigenvalue weighted by molar-refractivity contribution is 5.70. The lowest BCUT2D eigenvalue weighted by atomic mass is 10.2. The molecule has 1 aromatic heterocycles. The summed E-state index contributed by atoms with van der Waals surface area (Å²) in [4.78, 5) is 15.4. The Labute approximate surface area is 94.0 Å². The minimum atomic E-state index is -0.858. The highest BCUT2D eigenvalue weighted by atomic mass is 16.6. The highest BCUT2D eigenvalue weighted by Gasteiger charge is 2.19. The van der Waals surface area contributed by atoms with Gasteiger partial charge in [-0.15, -0.1) is 0 Å². The van der Waals surface area contributed by atoms with E-state index in [-0.39, 0.29) is 6.54 Å². The van der Waals surface area contributed by atoms with E-state index in [1.54, 1.807) is 20.8 Å². The number of nitrogens with zero attached hydrogens (tertiary/aromatic N) is 2. The number of nitrogens with two attached hydrogens (primary N) is 1. The molecule has 3 N–H and O–H groups in total. The van der Waals surface area contributed by atoms with Gasteiger partial charge in [0, 0.05) is 12.7 Å². The molecule has 0 aliphatic heterocycles. The van der Waals surface area contributed by atoms with Crippen molar-refractivity contribution >= 4 is 6.09 Å². The smallest absolute Gasteiger partial charge is 0.419 e. The maximum atomic E-state index is 11.6. The fraction of sp³-hybridized carbons (Fsp3) is 0.600. The third-order valence-corrected chi connectivity index (χ3v) is 1.77. The number of ether oxygens (including phenoxy) is 1. The van der Waals surface area contributed by atoms with Crippen LogP contribution in [0, 0.1) is 0 Å². The summed E-state index contributed by atoms with van der Waals surface area (Å²) in [7, 11) is 0. The second kappa shape index (κ2) is 4.63. The fourth-order valence-corrected chi connectivity index (χ4v) is 1.05. The topological polar surface area (TPSA) is 90.4 Å². The molecule has 1 heterocycles. The van der Waals surface area contributed by atoms with Crippen LogP contribution in [0.15, 0.2) is 12.5 Å². The van der Waals surface area contributed by atoms with Gasteiger partial charge in [-0.3, -0.25) is 0 Å². The fourth-order valence-electron chi connectivity index (χ4n) is 1.05. The highest BCUT2D eigenvalue weighted by Crippen LogP contribution is 2.11. The first kappa shape index (κ1) is 12.7. The molecular weight excluding hydrogens is 210 g/mol. The molecule has 0 bridgehead atoms. The van der Waals surface area contributed by atoms with Crippen molar-refractivity contribution in [1.29, 1.82) is 0 Å². The predicted molar refractivity (Wildman–Crippen MR) is 57.9 cm³/mol. The first-order valence-corrected chi connectivity index (χ1v) is 4.99. The normalized spacial score (nSPS) is 13.6. The molecule has 16 heavy (non-hydrogen) atoms. The van der Waals surface area contributed by atoms with E-state index in [0.717, 1.165) is 0 Å². The number of carbonyl (C=O) groups excluding carboxylic acids is 1. The Hall–Kier alpha value is -1.40. The van der Waals surface area contributed by atoms with E-state index in [4.69, 9.17) is 10.5 Å². The number of hydrogen-bond donors (Lipinski definition) is 2. The summed E-state index contributed by atoms with van der Waals surface area (Å²) in [5.74, 6) is 0. The summed E-state index contributed by atoms with van der Waals surface area (Å²) in [5.41, 5.74) is 5.07. The SMILES string of the molecule is CC(C)(C)OC(=O)n1cnc(C(O)CN)c1. The van der Waals surface area contributed by atoms with E-state index in [2.05, 4.69) is 4.98 Å². The molecule has 0 aliphatic carbocycles. The standard InChI is InChI=1S/C10H17N3O3/c1-10(2,3)16-9(15)13-5-7(12-6-13)8(14)4-11/h5-6,8,14H,4,11H2,1-3H3. The molecule has 1 aromatic rings. The number of aromatic nitrogens is 2. The first-order valence-electron chi connectivity index (χ1n) is 4.99. The van der Waals surface area contributed by atoms with Gasteiger partial charge in [-0.2, -0.15) is 0 Å². The van der Waals surface area contributed by atoms with Gasteiger partial charge in [0.2, 0.25) is 0 Å². The lowest BCUT2D eigenvalue weighted by molar-refractivity contribution is 0.0536. The van der Waals surface area contributed by atoms with Crippen molar-refractivity contribution < 1.29 is 14.6 Å². The van der Waals surface area contributed by atoms with Gasteiger partial charge in [-0.05, 0) is 20.8 Å². The second-order valence-electron chi connectivity index (χ2n) is 4.44. The van der Waals surface area contributed by atoms with Crippen molar-refractivity contribution in [3.05, 3.63) is 18.2 Å². The van der Waals surface area contributed by atoms with Crippen LogP contribution in [0.25, 0.3) is 0 Å². The van der Waals surface area contributed by atoms with Crippen LogP contribution in [0.5, 0.6) is 0 Å². The van der Waals surface area contributed by atoms with Crippen molar-refractivity contribution in [1.82, 2.24) is 9.55 Å². The van der Waals surface area contributed by atoms with Gasteiger partial charge in [-0.1, -0.05) is 0 Å². The van der Waals surface area contributed by atoms with Crippen LogP contribution >= 0.6 is 0 Å². The molecule has 0 saturated carbocycles. The van der Waals surface area contributed by atoms with Gasteiger partial charge in [0.25, 0.3) is 0 Å².